The zero-order chi connectivity index (χ0) is 14.9. The van der Waals surface area contributed by atoms with Gasteiger partial charge in [0.15, 0.2) is 0 Å². The Kier molecular flexibility index (Phi) is 3.31. The first-order valence-electron chi connectivity index (χ1n) is 7.21. The van der Waals surface area contributed by atoms with Gasteiger partial charge in [0.05, 0.1) is 12.1 Å². The summed E-state index contributed by atoms with van der Waals surface area (Å²) in [5.74, 6) is -0.0172. The average molecular weight is 310 g/mol. The van der Waals surface area contributed by atoms with Crippen molar-refractivity contribution in [2.45, 2.75) is 25.4 Å². The van der Waals surface area contributed by atoms with Gasteiger partial charge in [0, 0.05) is 35.4 Å². The van der Waals surface area contributed by atoms with Crippen molar-refractivity contribution in [2.24, 2.45) is 0 Å². The summed E-state index contributed by atoms with van der Waals surface area (Å²) < 4.78 is 0. The Hall–Kier alpha value is -2.34. The normalized spacial score (nSPS) is 14.2. The Bertz CT molecular complexity index is 814. The van der Waals surface area contributed by atoms with Crippen molar-refractivity contribution in [3.63, 3.8) is 0 Å². The molecule has 110 valence electrons. The van der Waals surface area contributed by atoms with Crippen molar-refractivity contribution < 1.29 is 4.79 Å². The van der Waals surface area contributed by atoms with Crippen LogP contribution >= 0.6 is 11.3 Å². The number of thiazole rings is 1. The van der Waals surface area contributed by atoms with Crippen LogP contribution < -0.4 is 0 Å². The van der Waals surface area contributed by atoms with E-state index in [0.29, 0.717) is 18.3 Å². The zero-order valence-electron chi connectivity index (χ0n) is 11.8. The maximum absolute atomic E-state index is 12.8. The summed E-state index contributed by atoms with van der Waals surface area (Å²) in [5, 5.41) is 3.84. The van der Waals surface area contributed by atoms with Crippen LogP contribution in [-0.4, -0.2) is 31.8 Å². The lowest BCUT2D eigenvalue weighted by atomic mass is 10.2. The van der Waals surface area contributed by atoms with Crippen molar-refractivity contribution in [2.75, 3.05) is 0 Å². The molecule has 1 aliphatic rings. The van der Waals surface area contributed by atoms with Crippen LogP contribution in [0.1, 0.15) is 28.3 Å². The van der Waals surface area contributed by atoms with Crippen LogP contribution in [0, 0.1) is 0 Å². The van der Waals surface area contributed by atoms with Gasteiger partial charge in [0.1, 0.15) is 10.7 Å². The first-order chi connectivity index (χ1) is 10.8. The molecule has 22 heavy (non-hydrogen) atoms. The number of hydrogen-bond donors (Lipinski definition) is 0. The molecule has 4 rings (SSSR count). The molecule has 3 aromatic heterocycles. The third-order valence-electron chi connectivity index (χ3n) is 3.75. The summed E-state index contributed by atoms with van der Waals surface area (Å²) in [4.78, 5) is 27.6. The summed E-state index contributed by atoms with van der Waals surface area (Å²) in [6, 6.07) is 5.83. The summed E-state index contributed by atoms with van der Waals surface area (Å²) in [6.07, 6.45) is 7.35. The minimum atomic E-state index is -0.0172. The molecule has 0 aliphatic heterocycles. The molecule has 1 aliphatic carbocycles. The lowest BCUT2D eigenvalue weighted by molar-refractivity contribution is 0.0724. The Labute approximate surface area is 131 Å². The molecular formula is C16H14N4OS. The van der Waals surface area contributed by atoms with Crippen molar-refractivity contribution in [1.29, 1.82) is 0 Å². The van der Waals surface area contributed by atoms with Gasteiger partial charge in [0.2, 0.25) is 0 Å². The Morgan fingerprint density at radius 3 is 2.95 bits per heavy atom. The van der Waals surface area contributed by atoms with Crippen LogP contribution in [0.5, 0.6) is 0 Å². The van der Waals surface area contributed by atoms with Crippen LogP contribution in [0.4, 0.5) is 0 Å². The second-order valence-electron chi connectivity index (χ2n) is 5.35. The van der Waals surface area contributed by atoms with Crippen molar-refractivity contribution >= 4 is 28.1 Å². The van der Waals surface area contributed by atoms with E-state index < -0.39 is 0 Å². The van der Waals surface area contributed by atoms with E-state index in [-0.39, 0.29) is 5.91 Å². The molecule has 0 bridgehead atoms. The molecule has 1 amide bonds. The van der Waals surface area contributed by atoms with E-state index in [1.54, 1.807) is 36.0 Å². The smallest absolute Gasteiger partial charge is 0.273 e. The minimum absolute atomic E-state index is 0.0172. The number of aromatic nitrogens is 3. The fourth-order valence-corrected chi connectivity index (χ4v) is 3.08. The third-order valence-corrected chi connectivity index (χ3v) is 4.51. The first-order valence-corrected chi connectivity index (χ1v) is 8.09. The topological polar surface area (TPSA) is 59.0 Å². The van der Waals surface area contributed by atoms with E-state index in [1.807, 2.05) is 22.4 Å². The number of pyridine rings is 2. The van der Waals surface area contributed by atoms with Crippen LogP contribution in [0.15, 0.2) is 42.2 Å². The number of fused-ring (bicyclic) bond motifs is 1. The molecule has 0 aromatic carbocycles. The highest BCUT2D eigenvalue weighted by Crippen LogP contribution is 2.30. The lowest BCUT2D eigenvalue weighted by Gasteiger charge is -2.20. The number of nitrogens with zero attached hydrogens (tertiary/aromatic N) is 4. The Morgan fingerprint density at radius 2 is 2.18 bits per heavy atom. The van der Waals surface area contributed by atoms with Gasteiger partial charge in [-0.15, -0.1) is 11.3 Å². The van der Waals surface area contributed by atoms with Crippen molar-refractivity contribution in [3.8, 4) is 0 Å². The number of carbonyl (C=O) groups excluding carboxylic acids is 1. The van der Waals surface area contributed by atoms with Gasteiger partial charge >= 0.3 is 0 Å². The van der Waals surface area contributed by atoms with Gasteiger partial charge in [-0.3, -0.25) is 9.78 Å². The highest BCUT2D eigenvalue weighted by atomic mass is 32.1. The van der Waals surface area contributed by atoms with Crippen molar-refractivity contribution in [3.05, 3.63) is 52.9 Å². The largest absolute Gasteiger partial charge is 0.328 e. The molecule has 5 nitrogen and oxygen atoms in total. The van der Waals surface area contributed by atoms with Crippen LogP contribution in [-0.2, 0) is 6.54 Å². The van der Waals surface area contributed by atoms with E-state index >= 15 is 0 Å². The highest BCUT2D eigenvalue weighted by Gasteiger charge is 2.34. The molecule has 0 atom stereocenters. The maximum Gasteiger partial charge on any atom is 0.273 e. The van der Waals surface area contributed by atoms with Gasteiger partial charge in [-0.1, -0.05) is 0 Å². The van der Waals surface area contributed by atoms with E-state index in [2.05, 4.69) is 15.0 Å². The van der Waals surface area contributed by atoms with Gasteiger partial charge < -0.3 is 4.90 Å². The van der Waals surface area contributed by atoms with Gasteiger partial charge in [-0.2, -0.15) is 0 Å². The van der Waals surface area contributed by atoms with Crippen LogP contribution in [0.3, 0.4) is 0 Å². The Morgan fingerprint density at radius 1 is 1.27 bits per heavy atom. The van der Waals surface area contributed by atoms with Crippen LogP contribution in [0.25, 0.3) is 10.9 Å². The quantitative estimate of drug-likeness (QED) is 0.743. The molecular weight excluding hydrogens is 296 g/mol. The predicted molar refractivity (Wildman–Crippen MR) is 84.5 cm³/mol. The van der Waals surface area contributed by atoms with E-state index in [4.69, 9.17) is 0 Å². The second-order valence-corrected chi connectivity index (χ2v) is 6.33. The molecule has 0 N–H and O–H groups in total. The molecule has 0 radical (unpaired) electrons. The average Bonchev–Trinajstić information content (AvgIpc) is 3.27. The number of rotatable bonds is 4. The molecule has 0 spiro atoms. The maximum atomic E-state index is 12.8. The molecule has 0 unspecified atom stereocenters. The van der Waals surface area contributed by atoms with E-state index in [1.165, 1.54) is 0 Å². The van der Waals surface area contributed by atoms with Gasteiger partial charge in [0.25, 0.3) is 5.91 Å². The van der Waals surface area contributed by atoms with Gasteiger partial charge in [-0.05, 0) is 31.0 Å². The fourth-order valence-electron chi connectivity index (χ4n) is 2.46. The van der Waals surface area contributed by atoms with E-state index in [0.717, 1.165) is 28.8 Å². The zero-order valence-corrected chi connectivity index (χ0v) is 12.7. The summed E-state index contributed by atoms with van der Waals surface area (Å²) in [7, 11) is 0. The second kappa shape index (κ2) is 5.46. The SMILES string of the molecule is O=C(c1ccc2cnccc2n1)N(Cc1nccs1)C1CC1. The van der Waals surface area contributed by atoms with Gasteiger partial charge in [-0.25, -0.2) is 9.97 Å². The predicted octanol–water partition coefficient (Wildman–Crippen LogP) is 2.89. The first kappa shape index (κ1) is 13.3. The molecule has 1 fully saturated rings. The molecule has 0 saturated heterocycles. The summed E-state index contributed by atoms with van der Waals surface area (Å²) in [6.45, 7) is 0.567. The number of carbonyl (C=O) groups is 1. The summed E-state index contributed by atoms with van der Waals surface area (Å²) in [5.41, 5.74) is 1.29. The number of hydrogen-bond acceptors (Lipinski definition) is 5. The summed E-state index contributed by atoms with van der Waals surface area (Å²) >= 11 is 1.58. The standard InChI is InChI=1S/C16H14N4OS/c21-16(14-4-1-11-9-17-6-5-13(11)19-14)20(12-2-3-12)10-15-18-7-8-22-15/h1,4-9,12H,2-3,10H2. The molecule has 6 heteroatoms. The molecule has 1 saturated carbocycles. The lowest BCUT2D eigenvalue weighted by Crippen LogP contribution is -2.33. The minimum Gasteiger partial charge on any atom is -0.328 e. The number of amides is 1. The fraction of sp³-hybridized carbons (Fsp3) is 0.250. The third kappa shape index (κ3) is 2.57. The van der Waals surface area contributed by atoms with Crippen molar-refractivity contribution in [1.82, 2.24) is 19.9 Å². The molecule has 3 aromatic rings. The highest BCUT2D eigenvalue weighted by molar-refractivity contribution is 7.09. The van der Waals surface area contributed by atoms with E-state index in [9.17, 15) is 4.79 Å². The van der Waals surface area contributed by atoms with Crippen LogP contribution in [0.2, 0.25) is 0 Å². The Balaban J connectivity index is 1.64. The monoisotopic (exact) mass is 310 g/mol. The molecule has 3 heterocycles.